The minimum absolute atomic E-state index is 0.0194. The summed E-state index contributed by atoms with van der Waals surface area (Å²) >= 11 is 0. The van der Waals surface area contributed by atoms with E-state index in [0.717, 1.165) is 5.56 Å². The van der Waals surface area contributed by atoms with Gasteiger partial charge in [0.2, 0.25) is 17.7 Å². The fourth-order valence-electron chi connectivity index (χ4n) is 3.97. The number of nitrogens with one attached hydrogen (secondary N) is 4. The van der Waals surface area contributed by atoms with Gasteiger partial charge in [-0.3, -0.25) is 14.4 Å². The van der Waals surface area contributed by atoms with Gasteiger partial charge in [0.25, 0.3) is 0 Å². The number of aliphatic hydroxyl groups is 1. The van der Waals surface area contributed by atoms with Gasteiger partial charge in [0, 0.05) is 31.2 Å². The van der Waals surface area contributed by atoms with Crippen molar-refractivity contribution in [3.8, 4) is 0 Å². The largest absolute Gasteiger partial charge is 0.480 e. The third-order valence-electron chi connectivity index (χ3n) is 6.25. The molecule has 40 heavy (non-hydrogen) atoms. The molecule has 3 rings (SSSR count). The lowest BCUT2D eigenvalue weighted by Crippen LogP contribution is -2.59. The Labute approximate surface area is 231 Å². The van der Waals surface area contributed by atoms with Crippen LogP contribution >= 0.6 is 0 Å². The Bertz CT molecular complexity index is 1250. The lowest BCUT2D eigenvalue weighted by molar-refractivity contribution is -0.142. The van der Waals surface area contributed by atoms with Crippen LogP contribution in [0.3, 0.4) is 0 Å². The van der Waals surface area contributed by atoms with Crippen molar-refractivity contribution in [1.82, 2.24) is 25.9 Å². The van der Waals surface area contributed by atoms with Crippen LogP contribution in [0.1, 0.15) is 23.7 Å². The molecule has 0 spiro atoms. The number of carbonyl (C=O) groups is 4. The number of carboxylic acids is 1. The normalized spacial score (nSPS) is 14.7. The number of rotatable bonds is 14. The second-order valence-corrected chi connectivity index (χ2v) is 9.45. The number of benzene rings is 2. The summed E-state index contributed by atoms with van der Waals surface area (Å²) in [4.78, 5) is 58.2. The first-order chi connectivity index (χ1) is 19.1. The first-order valence-corrected chi connectivity index (χ1v) is 12.8. The van der Waals surface area contributed by atoms with Crippen LogP contribution < -0.4 is 21.7 Å². The molecule has 1 aromatic heterocycles. The molecule has 0 aliphatic carbocycles. The van der Waals surface area contributed by atoms with Gasteiger partial charge in [-0.05, 0) is 18.1 Å². The van der Waals surface area contributed by atoms with Crippen molar-refractivity contribution >= 4 is 23.7 Å². The van der Waals surface area contributed by atoms with Crippen molar-refractivity contribution in [2.45, 2.75) is 56.5 Å². The highest BCUT2D eigenvalue weighted by atomic mass is 16.4. The number of aromatic amines is 1. The fourth-order valence-corrected chi connectivity index (χ4v) is 3.97. The number of aromatic nitrogens is 2. The van der Waals surface area contributed by atoms with E-state index in [2.05, 4.69) is 25.9 Å². The quantitative estimate of drug-likeness (QED) is 0.142. The average Bonchev–Trinajstić information content (AvgIpc) is 3.45. The van der Waals surface area contributed by atoms with Crippen LogP contribution in [0.4, 0.5) is 0 Å². The number of nitrogens with zero attached hydrogens (tertiary/aromatic N) is 1. The van der Waals surface area contributed by atoms with Gasteiger partial charge >= 0.3 is 5.97 Å². The van der Waals surface area contributed by atoms with E-state index in [-0.39, 0.29) is 19.3 Å². The van der Waals surface area contributed by atoms with Crippen LogP contribution in [-0.4, -0.2) is 74.1 Å². The topological polar surface area (TPSA) is 200 Å². The summed E-state index contributed by atoms with van der Waals surface area (Å²) in [5, 5.41) is 27.2. The van der Waals surface area contributed by atoms with Crippen molar-refractivity contribution in [2.24, 2.45) is 5.73 Å². The van der Waals surface area contributed by atoms with Crippen LogP contribution in [0, 0.1) is 0 Å². The molecule has 0 saturated carbocycles. The van der Waals surface area contributed by atoms with Crippen molar-refractivity contribution < 1.29 is 29.4 Å². The number of hydrogen-bond acceptors (Lipinski definition) is 7. The van der Waals surface area contributed by atoms with E-state index in [1.807, 2.05) is 0 Å². The van der Waals surface area contributed by atoms with E-state index in [1.54, 1.807) is 60.7 Å². The molecule has 3 aromatic rings. The molecule has 0 saturated heterocycles. The zero-order valence-corrected chi connectivity index (χ0v) is 22.0. The third-order valence-corrected chi connectivity index (χ3v) is 6.25. The highest BCUT2D eigenvalue weighted by Crippen LogP contribution is 2.08. The first-order valence-electron chi connectivity index (χ1n) is 12.8. The van der Waals surface area contributed by atoms with Crippen molar-refractivity contribution in [1.29, 1.82) is 0 Å². The summed E-state index contributed by atoms with van der Waals surface area (Å²) in [6.45, 7) is 1.36. The van der Waals surface area contributed by atoms with E-state index in [4.69, 9.17) is 5.73 Å². The van der Waals surface area contributed by atoms with Crippen LogP contribution in [0.5, 0.6) is 0 Å². The summed E-state index contributed by atoms with van der Waals surface area (Å²) in [7, 11) is 0. The van der Waals surface area contributed by atoms with Gasteiger partial charge in [0.05, 0.1) is 12.4 Å². The summed E-state index contributed by atoms with van der Waals surface area (Å²) in [6, 6.07) is 12.9. The molecular weight excluding hydrogens is 516 g/mol. The molecular formula is C28H34N6O6. The standard InChI is InChI=1S/C28H34N6O6/c1-17(35)24(29)27(38)33-21(12-18-8-4-2-5-9-18)25(36)32-22(14-20-15-30-16-31-20)26(37)34-23(28(39)40)13-19-10-6-3-7-11-19/h2-11,15-17,21-24,35H,12-14,29H2,1H3,(H,30,31)(H,32,36)(H,33,38)(H,34,37)(H,39,40). The minimum Gasteiger partial charge on any atom is -0.480 e. The highest BCUT2D eigenvalue weighted by Gasteiger charge is 2.31. The SMILES string of the molecule is CC(O)C(N)C(=O)NC(Cc1ccccc1)C(=O)NC(Cc1cnc[nH]1)C(=O)NC(Cc1ccccc1)C(=O)O. The number of H-pyrrole nitrogens is 1. The van der Waals surface area contributed by atoms with Gasteiger partial charge in [0.1, 0.15) is 24.2 Å². The molecule has 5 atom stereocenters. The van der Waals surface area contributed by atoms with Crippen molar-refractivity contribution in [2.75, 3.05) is 0 Å². The second kappa shape index (κ2) is 14.6. The summed E-state index contributed by atoms with van der Waals surface area (Å²) in [5.41, 5.74) is 7.73. The molecule has 0 radical (unpaired) electrons. The van der Waals surface area contributed by atoms with Crippen molar-refractivity contribution in [3.63, 3.8) is 0 Å². The first kappa shape index (κ1) is 30.0. The predicted molar refractivity (Wildman–Crippen MR) is 146 cm³/mol. The number of hydrogen-bond donors (Lipinski definition) is 7. The average molecular weight is 551 g/mol. The Morgan fingerprint density at radius 1 is 0.800 bits per heavy atom. The molecule has 12 heteroatoms. The Kier molecular flexibility index (Phi) is 10.9. The van der Waals surface area contributed by atoms with Gasteiger partial charge < -0.3 is 36.9 Å². The number of nitrogens with two attached hydrogens (primary N) is 1. The van der Waals surface area contributed by atoms with Crippen molar-refractivity contribution in [3.05, 3.63) is 90.0 Å². The fraction of sp³-hybridized carbons (Fsp3) is 0.321. The number of carboxylic acid groups (broad SMARTS) is 1. The molecule has 5 unspecified atom stereocenters. The van der Waals surface area contributed by atoms with Gasteiger partial charge in [-0.25, -0.2) is 9.78 Å². The van der Waals surface area contributed by atoms with E-state index < -0.39 is 54.0 Å². The molecule has 3 amide bonds. The van der Waals surface area contributed by atoms with Gasteiger partial charge in [0.15, 0.2) is 0 Å². The maximum absolute atomic E-state index is 13.5. The van der Waals surface area contributed by atoms with E-state index in [9.17, 15) is 29.4 Å². The van der Waals surface area contributed by atoms with Gasteiger partial charge in [-0.1, -0.05) is 60.7 Å². The van der Waals surface area contributed by atoms with E-state index >= 15 is 0 Å². The molecule has 0 fully saturated rings. The monoisotopic (exact) mass is 550 g/mol. The number of aliphatic carboxylic acids is 1. The van der Waals surface area contributed by atoms with E-state index in [0.29, 0.717) is 11.3 Å². The molecule has 2 aromatic carbocycles. The third kappa shape index (κ3) is 9.03. The molecule has 0 aliphatic rings. The summed E-state index contributed by atoms with van der Waals surface area (Å²) in [6.07, 6.45) is 1.84. The summed E-state index contributed by atoms with van der Waals surface area (Å²) < 4.78 is 0. The molecule has 0 bridgehead atoms. The minimum atomic E-state index is -1.27. The maximum atomic E-state index is 13.5. The van der Waals surface area contributed by atoms with Crippen LogP contribution in [0.15, 0.2) is 73.2 Å². The lowest BCUT2D eigenvalue weighted by Gasteiger charge is -2.25. The maximum Gasteiger partial charge on any atom is 0.326 e. The number of amides is 3. The van der Waals surface area contributed by atoms with Gasteiger partial charge in [-0.15, -0.1) is 0 Å². The molecule has 12 nitrogen and oxygen atoms in total. The number of imidazole rings is 1. The molecule has 0 aliphatic heterocycles. The lowest BCUT2D eigenvalue weighted by atomic mass is 10.0. The Morgan fingerprint density at radius 2 is 1.27 bits per heavy atom. The zero-order valence-electron chi connectivity index (χ0n) is 22.0. The Hall–Kier alpha value is -4.55. The molecule has 8 N–H and O–H groups in total. The van der Waals surface area contributed by atoms with Gasteiger partial charge in [-0.2, -0.15) is 0 Å². The number of carbonyl (C=O) groups excluding carboxylic acids is 3. The van der Waals surface area contributed by atoms with Crippen LogP contribution in [-0.2, 0) is 38.4 Å². The van der Waals surface area contributed by atoms with E-state index in [1.165, 1.54) is 19.4 Å². The molecule has 1 heterocycles. The Balaban J connectivity index is 1.81. The summed E-state index contributed by atoms with van der Waals surface area (Å²) in [5.74, 6) is -3.39. The highest BCUT2D eigenvalue weighted by molar-refractivity contribution is 5.94. The molecule has 212 valence electrons. The Morgan fingerprint density at radius 3 is 1.75 bits per heavy atom. The van der Waals surface area contributed by atoms with Crippen LogP contribution in [0.25, 0.3) is 0 Å². The van der Waals surface area contributed by atoms with Crippen LogP contribution in [0.2, 0.25) is 0 Å². The smallest absolute Gasteiger partial charge is 0.326 e. The second-order valence-electron chi connectivity index (χ2n) is 9.45. The predicted octanol–water partition coefficient (Wildman–Crippen LogP) is -0.315. The number of aliphatic hydroxyl groups excluding tert-OH is 1. The zero-order chi connectivity index (χ0) is 29.1.